The van der Waals surface area contributed by atoms with E-state index in [0.29, 0.717) is 29.9 Å². The van der Waals surface area contributed by atoms with E-state index in [1.165, 1.54) is 17.8 Å². The maximum absolute atomic E-state index is 4.88. The van der Waals surface area contributed by atoms with Gasteiger partial charge in [-0.25, -0.2) is 0 Å². The van der Waals surface area contributed by atoms with Gasteiger partial charge in [-0.3, -0.25) is 0 Å². The van der Waals surface area contributed by atoms with Crippen LogP contribution in [-0.4, -0.2) is 29.9 Å². The molecule has 2 radical (unpaired) electrons. The fraction of sp³-hybridized carbons (Fsp3) is 0. The van der Waals surface area contributed by atoms with Crippen LogP contribution in [0.5, 0.6) is 0 Å². The van der Waals surface area contributed by atoms with E-state index >= 15 is 0 Å². The first-order valence-corrected chi connectivity index (χ1v) is 17.8. The van der Waals surface area contributed by atoms with Crippen LogP contribution in [0.2, 0.25) is 0 Å². The van der Waals surface area contributed by atoms with E-state index in [4.69, 9.17) is 18.8 Å². The molecule has 0 aliphatic rings. The molecule has 0 bridgehead atoms. The van der Waals surface area contributed by atoms with Crippen LogP contribution in [0.3, 0.4) is 0 Å². The molecule has 0 saturated heterocycles. The maximum atomic E-state index is 4.88. The topological polar surface area (TPSA) is 0 Å². The van der Waals surface area contributed by atoms with E-state index in [1.807, 2.05) is 0 Å². The molecule has 0 N–H and O–H groups in total. The van der Waals surface area contributed by atoms with Crippen LogP contribution in [-0.2, 0) is 16.5 Å². The van der Waals surface area contributed by atoms with Gasteiger partial charge in [-0.1, -0.05) is 0 Å². The Balaban J connectivity index is 0.000000183. The van der Waals surface area contributed by atoms with Gasteiger partial charge in [0.25, 0.3) is 0 Å². The zero-order valence-electron chi connectivity index (χ0n) is 15.4. The molecule has 0 heterocycles. The Morgan fingerprint density at radius 3 is 0.724 bits per heavy atom. The van der Waals surface area contributed by atoms with E-state index in [0.717, 1.165) is 0 Å². The molecule has 0 aromatic heterocycles. The van der Waals surface area contributed by atoms with Gasteiger partial charge in [0.1, 0.15) is 0 Å². The first-order chi connectivity index (χ1) is 14.3. The molecule has 0 aliphatic heterocycles. The minimum absolute atomic E-state index is 0.461. The van der Waals surface area contributed by atoms with Gasteiger partial charge in [-0.15, -0.1) is 0 Å². The summed E-state index contributed by atoms with van der Waals surface area (Å²) >= 11 is 0.449. The van der Waals surface area contributed by atoms with Gasteiger partial charge in [-0.05, 0) is 0 Å². The van der Waals surface area contributed by atoms with Crippen LogP contribution in [0.1, 0.15) is 0 Å². The van der Waals surface area contributed by atoms with Crippen molar-refractivity contribution in [2.45, 2.75) is 0 Å². The molecule has 4 rings (SSSR count). The Morgan fingerprint density at radius 1 is 0.379 bits per heavy atom. The third-order valence-corrected chi connectivity index (χ3v) is 7.71. The molecule has 29 heavy (non-hydrogen) atoms. The van der Waals surface area contributed by atoms with Crippen LogP contribution >= 0.6 is 18.8 Å². The van der Waals surface area contributed by atoms with Crippen molar-refractivity contribution in [1.29, 1.82) is 0 Å². The van der Waals surface area contributed by atoms with Gasteiger partial charge in [0.15, 0.2) is 0 Å². The Morgan fingerprint density at radius 2 is 0.552 bits per heavy atom. The summed E-state index contributed by atoms with van der Waals surface area (Å²) < 4.78 is 5.73. The summed E-state index contributed by atoms with van der Waals surface area (Å²) in [6, 6.07) is 42.5. The van der Waals surface area contributed by atoms with Gasteiger partial charge in [0.2, 0.25) is 0 Å². The summed E-state index contributed by atoms with van der Waals surface area (Å²) in [5.41, 5.74) is 0. The van der Waals surface area contributed by atoms with Gasteiger partial charge in [0.05, 0.1) is 0 Å². The SMILES string of the molecule is [Cl][Pt][Cl].c1ccc([Se+]c2ccccc2)cc1.c1ccc([Se+]c2ccccc2)cc1. The van der Waals surface area contributed by atoms with Crippen molar-refractivity contribution in [1.82, 2.24) is 0 Å². The summed E-state index contributed by atoms with van der Waals surface area (Å²) in [7, 11) is 9.75. The number of rotatable bonds is 4. The van der Waals surface area contributed by atoms with Crippen molar-refractivity contribution in [3.8, 4) is 0 Å². The molecule has 0 nitrogen and oxygen atoms in total. The molecule has 5 heteroatoms. The average Bonchev–Trinajstić information content (AvgIpc) is 2.78. The third-order valence-electron chi connectivity index (χ3n) is 3.44. The number of hydrogen-bond acceptors (Lipinski definition) is 0. The van der Waals surface area contributed by atoms with Gasteiger partial charge in [-0.2, -0.15) is 0 Å². The van der Waals surface area contributed by atoms with Crippen LogP contribution in [0.4, 0.5) is 0 Å². The molecule has 0 aliphatic carbocycles. The van der Waals surface area contributed by atoms with E-state index in [2.05, 4.69) is 121 Å². The molecule has 0 fully saturated rings. The quantitative estimate of drug-likeness (QED) is 0.278. The third kappa shape index (κ3) is 11.2. The molecule has 150 valence electrons. The van der Waals surface area contributed by atoms with Crippen molar-refractivity contribution in [2.24, 2.45) is 0 Å². The molecule has 0 atom stereocenters. The van der Waals surface area contributed by atoms with Crippen molar-refractivity contribution in [2.75, 3.05) is 0 Å². The van der Waals surface area contributed by atoms with Crippen LogP contribution in [0.25, 0.3) is 0 Å². The van der Waals surface area contributed by atoms with E-state index in [1.54, 1.807) is 0 Å². The molecule has 0 unspecified atom stereocenters. The molecule has 0 spiro atoms. The predicted octanol–water partition coefficient (Wildman–Crippen LogP) is 4.06. The Kier molecular flexibility index (Phi) is 13.5. The summed E-state index contributed by atoms with van der Waals surface area (Å²) in [6.07, 6.45) is 0. The van der Waals surface area contributed by atoms with Crippen LogP contribution < -0.4 is 17.8 Å². The normalized spacial score (nSPS) is 9.59. The molecule has 0 saturated carbocycles. The fourth-order valence-corrected chi connectivity index (χ4v) is 5.83. The first-order valence-electron chi connectivity index (χ1n) is 8.70. The number of benzene rings is 4. The molecule has 4 aromatic carbocycles. The second-order valence-corrected chi connectivity index (χ2v) is 13.6. The van der Waals surface area contributed by atoms with Gasteiger partial charge >= 0.3 is 204 Å². The average molecular weight is 732 g/mol. The summed E-state index contributed by atoms with van der Waals surface area (Å²) in [5, 5.41) is 0. The Labute approximate surface area is 202 Å². The van der Waals surface area contributed by atoms with E-state index in [9.17, 15) is 0 Å². The monoisotopic (exact) mass is 733 g/mol. The number of hydrogen-bond donors (Lipinski definition) is 0. The predicted molar refractivity (Wildman–Crippen MR) is 128 cm³/mol. The van der Waals surface area contributed by atoms with Crippen molar-refractivity contribution in [3.05, 3.63) is 121 Å². The van der Waals surface area contributed by atoms with Gasteiger partial charge < -0.3 is 0 Å². The van der Waals surface area contributed by atoms with Crippen molar-refractivity contribution >= 4 is 66.6 Å². The standard InChI is InChI=1S/2C12H10Se.2ClH.Pt/c2*1-3-7-11(8-4-1)13-12-9-5-2-6-10-12;;;/h2*1-10H;2*1H;/q2*+1;;;+2/p-2. The van der Waals surface area contributed by atoms with Gasteiger partial charge in [0, 0.05) is 0 Å². The van der Waals surface area contributed by atoms with Crippen molar-refractivity contribution in [3.63, 3.8) is 0 Å². The Hall–Kier alpha value is -0.813. The second kappa shape index (κ2) is 16.0. The zero-order chi connectivity index (χ0) is 20.6. The van der Waals surface area contributed by atoms with Crippen LogP contribution in [0.15, 0.2) is 121 Å². The number of halogens is 2. The van der Waals surface area contributed by atoms with Crippen LogP contribution in [0, 0.1) is 0 Å². The molecule has 0 amide bonds. The molecular formula is C24H20Cl2PtSe2+2. The summed E-state index contributed by atoms with van der Waals surface area (Å²) in [6.45, 7) is 0. The summed E-state index contributed by atoms with van der Waals surface area (Å²) in [5.74, 6) is 0. The summed E-state index contributed by atoms with van der Waals surface area (Å²) in [4.78, 5) is 0. The van der Waals surface area contributed by atoms with Crippen molar-refractivity contribution < 1.29 is 16.5 Å². The van der Waals surface area contributed by atoms with E-state index in [-0.39, 0.29) is 0 Å². The van der Waals surface area contributed by atoms with E-state index < -0.39 is 16.5 Å². The minimum atomic E-state index is -0.472. The second-order valence-electron chi connectivity index (χ2n) is 5.50. The molecule has 4 aromatic rings. The Bertz CT molecular complexity index is 741. The first kappa shape index (κ1) is 24.5. The zero-order valence-corrected chi connectivity index (χ0v) is 22.6. The molecular weight excluding hydrogens is 712 g/mol. The fourth-order valence-electron chi connectivity index (χ4n) is 2.23.